The maximum Gasteiger partial charge on any atom is 0.277 e. The van der Waals surface area contributed by atoms with Gasteiger partial charge in [0.05, 0.1) is 16.3 Å². The maximum absolute atomic E-state index is 11.5. The van der Waals surface area contributed by atoms with E-state index in [1.807, 2.05) is 24.3 Å². The molecule has 0 spiro atoms. The third-order valence-electron chi connectivity index (χ3n) is 3.13. The number of thiazole rings is 1. The van der Waals surface area contributed by atoms with Crippen molar-refractivity contribution in [3.05, 3.63) is 29.3 Å². The van der Waals surface area contributed by atoms with Crippen LogP contribution < -0.4 is 5.14 Å². The zero-order valence-corrected chi connectivity index (χ0v) is 11.2. The van der Waals surface area contributed by atoms with E-state index in [9.17, 15) is 8.42 Å². The lowest BCUT2D eigenvalue weighted by Gasteiger charge is -2.19. The molecule has 5 nitrogen and oxygen atoms in total. The van der Waals surface area contributed by atoms with E-state index in [-0.39, 0.29) is 6.04 Å². The molecule has 18 heavy (non-hydrogen) atoms. The second kappa shape index (κ2) is 4.27. The largest absolute Gasteiger partial charge is 0.277 e. The lowest BCUT2D eigenvalue weighted by Crippen LogP contribution is -2.36. The summed E-state index contributed by atoms with van der Waals surface area (Å²) in [6, 6.07) is 7.62. The molecule has 1 aliphatic rings. The van der Waals surface area contributed by atoms with Crippen LogP contribution >= 0.6 is 11.3 Å². The number of hydrogen-bond donors (Lipinski definition) is 1. The third-order valence-corrected chi connectivity index (χ3v) is 5.35. The predicted octanol–water partition coefficient (Wildman–Crippen LogP) is 1.64. The molecule has 0 aliphatic carbocycles. The number of benzene rings is 1. The van der Waals surface area contributed by atoms with Gasteiger partial charge in [0.25, 0.3) is 10.2 Å². The summed E-state index contributed by atoms with van der Waals surface area (Å²) in [5, 5.41) is 6.07. The molecule has 0 amide bonds. The van der Waals surface area contributed by atoms with Crippen molar-refractivity contribution in [2.45, 2.75) is 18.9 Å². The SMILES string of the molecule is NS(=O)(=O)N1CCC[C@@H]1c1nc2ccccc2s1. The van der Waals surface area contributed by atoms with Crippen LogP contribution in [0.2, 0.25) is 0 Å². The van der Waals surface area contributed by atoms with E-state index in [2.05, 4.69) is 4.98 Å². The molecular formula is C11H13N3O2S2. The number of para-hydroxylation sites is 1. The van der Waals surface area contributed by atoms with E-state index in [0.717, 1.165) is 28.1 Å². The van der Waals surface area contributed by atoms with Crippen molar-refractivity contribution in [2.24, 2.45) is 5.14 Å². The highest BCUT2D eigenvalue weighted by atomic mass is 32.2. The van der Waals surface area contributed by atoms with Crippen LogP contribution in [0.4, 0.5) is 0 Å². The molecule has 96 valence electrons. The number of nitrogens with zero attached hydrogens (tertiary/aromatic N) is 2. The Labute approximate surface area is 109 Å². The number of nitrogens with two attached hydrogens (primary N) is 1. The van der Waals surface area contributed by atoms with Gasteiger partial charge in [0.2, 0.25) is 0 Å². The Bertz CT molecular complexity index is 647. The average molecular weight is 283 g/mol. The van der Waals surface area contributed by atoms with Crippen LogP contribution in [0.5, 0.6) is 0 Å². The molecule has 1 atom stereocenters. The molecule has 7 heteroatoms. The fraction of sp³-hybridized carbons (Fsp3) is 0.364. The summed E-state index contributed by atoms with van der Waals surface area (Å²) in [7, 11) is -3.64. The molecule has 2 N–H and O–H groups in total. The van der Waals surface area contributed by atoms with Crippen LogP contribution in [0.3, 0.4) is 0 Å². The van der Waals surface area contributed by atoms with Crippen molar-refractivity contribution in [1.29, 1.82) is 0 Å². The molecule has 0 radical (unpaired) electrons. The van der Waals surface area contributed by atoms with Crippen molar-refractivity contribution in [2.75, 3.05) is 6.54 Å². The monoisotopic (exact) mass is 283 g/mol. The predicted molar refractivity (Wildman–Crippen MR) is 71.4 cm³/mol. The second-order valence-corrected chi connectivity index (χ2v) is 6.89. The molecule has 0 unspecified atom stereocenters. The van der Waals surface area contributed by atoms with Gasteiger partial charge in [0, 0.05) is 6.54 Å². The van der Waals surface area contributed by atoms with Gasteiger partial charge < -0.3 is 0 Å². The van der Waals surface area contributed by atoms with Gasteiger partial charge in [-0.2, -0.15) is 12.7 Å². The first-order chi connectivity index (χ1) is 8.55. The Morgan fingerprint density at radius 1 is 1.39 bits per heavy atom. The van der Waals surface area contributed by atoms with E-state index < -0.39 is 10.2 Å². The topological polar surface area (TPSA) is 76.3 Å². The Balaban J connectivity index is 2.03. The fourth-order valence-corrected chi connectivity index (χ4v) is 4.45. The van der Waals surface area contributed by atoms with Gasteiger partial charge in [-0.15, -0.1) is 11.3 Å². The molecular weight excluding hydrogens is 270 g/mol. The summed E-state index contributed by atoms with van der Waals surface area (Å²) < 4.78 is 25.5. The minimum Gasteiger partial charge on any atom is -0.239 e. The molecule has 1 aromatic heterocycles. The lowest BCUT2D eigenvalue weighted by molar-refractivity contribution is 0.397. The first-order valence-electron chi connectivity index (χ1n) is 5.71. The van der Waals surface area contributed by atoms with Crippen LogP contribution in [0.1, 0.15) is 23.9 Å². The molecule has 1 saturated heterocycles. The van der Waals surface area contributed by atoms with Crippen LogP contribution in [-0.2, 0) is 10.2 Å². The van der Waals surface area contributed by atoms with Gasteiger partial charge in [0.15, 0.2) is 0 Å². The smallest absolute Gasteiger partial charge is 0.239 e. The molecule has 1 aromatic carbocycles. The van der Waals surface area contributed by atoms with Crippen LogP contribution in [0.15, 0.2) is 24.3 Å². The Morgan fingerprint density at radius 3 is 2.89 bits per heavy atom. The second-order valence-electron chi connectivity index (χ2n) is 4.33. The summed E-state index contributed by atoms with van der Waals surface area (Å²) in [5.41, 5.74) is 0.916. The van der Waals surface area contributed by atoms with Crippen molar-refractivity contribution in [1.82, 2.24) is 9.29 Å². The van der Waals surface area contributed by atoms with Gasteiger partial charge in [-0.05, 0) is 25.0 Å². The van der Waals surface area contributed by atoms with Gasteiger partial charge in [-0.1, -0.05) is 12.1 Å². The summed E-state index contributed by atoms with van der Waals surface area (Å²) in [6.45, 7) is 0.486. The molecule has 2 heterocycles. The maximum atomic E-state index is 11.5. The van der Waals surface area contributed by atoms with Gasteiger partial charge >= 0.3 is 0 Å². The molecule has 2 aromatic rings. The van der Waals surface area contributed by atoms with Crippen LogP contribution in [-0.4, -0.2) is 24.3 Å². The number of fused-ring (bicyclic) bond motifs is 1. The summed E-state index contributed by atoms with van der Waals surface area (Å²) in [4.78, 5) is 4.52. The van der Waals surface area contributed by atoms with Crippen molar-refractivity contribution in [3.8, 4) is 0 Å². The summed E-state index contributed by atoms with van der Waals surface area (Å²) in [6.07, 6.45) is 1.62. The highest BCUT2D eigenvalue weighted by molar-refractivity contribution is 7.86. The fourth-order valence-electron chi connectivity index (χ4n) is 2.32. The standard InChI is InChI=1S/C11H13N3O2S2/c12-18(15,16)14-7-3-5-9(14)11-13-8-4-1-2-6-10(8)17-11/h1-2,4,6,9H,3,5,7H2,(H2,12,15,16)/t9-/m1/s1. The number of hydrogen-bond acceptors (Lipinski definition) is 4. The molecule has 1 aliphatic heterocycles. The Kier molecular flexibility index (Phi) is 2.86. The van der Waals surface area contributed by atoms with Crippen LogP contribution in [0.25, 0.3) is 10.2 Å². The first-order valence-corrected chi connectivity index (χ1v) is 8.03. The van der Waals surface area contributed by atoms with Gasteiger partial charge in [-0.25, -0.2) is 10.1 Å². The zero-order chi connectivity index (χ0) is 12.8. The Morgan fingerprint density at radius 2 is 2.17 bits per heavy atom. The Hall–Kier alpha value is -1.02. The average Bonchev–Trinajstić information content (AvgIpc) is 2.94. The van der Waals surface area contributed by atoms with Crippen molar-refractivity contribution >= 4 is 31.8 Å². The van der Waals surface area contributed by atoms with Crippen molar-refractivity contribution < 1.29 is 8.42 Å². The van der Waals surface area contributed by atoms with Crippen molar-refractivity contribution in [3.63, 3.8) is 0 Å². The van der Waals surface area contributed by atoms with E-state index in [1.54, 1.807) is 11.3 Å². The molecule has 3 rings (SSSR count). The molecule has 1 fully saturated rings. The highest BCUT2D eigenvalue weighted by Gasteiger charge is 2.35. The van der Waals surface area contributed by atoms with Gasteiger partial charge in [0.1, 0.15) is 5.01 Å². The van der Waals surface area contributed by atoms with E-state index in [0.29, 0.717) is 6.54 Å². The molecule has 0 saturated carbocycles. The normalized spacial score (nSPS) is 21.7. The van der Waals surface area contributed by atoms with E-state index >= 15 is 0 Å². The van der Waals surface area contributed by atoms with E-state index in [1.165, 1.54) is 4.31 Å². The lowest BCUT2D eigenvalue weighted by atomic mass is 10.2. The summed E-state index contributed by atoms with van der Waals surface area (Å²) >= 11 is 1.54. The van der Waals surface area contributed by atoms with Crippen LogP contribution in [0, 0.1) is 0 Å². The minimum absolute atomic E-state index is 0.197. The number of rotatable bonds is 2. The molecule has 0 bridgehead atoms. The van der Waals surface area contributed by atoms with Gasteiger partial charge in [-0.3, -0.25) is 0 Å². The highest BCUT2D eigenvalue weighted by Crippen LogP contribution is 2.37. The first kappa shape index (κ1) is 12.0. The third kappa shape index (κ3) is 2.03. The summed E-state index contributed by atoms with van der Waals surface area (Å²) in [5.74, 6) is 0. The quantitative estimate of drug-likeness (QED) is 0.910. The number of aromatic nitrogens is 1. The van der Waals surface area contributed by atoms with E-state index in [4.69, 9.17) is 5.14 Å². The zero-order valence-electron chi connectivity index (χ0n) is 9.61. The minimum atomic E-state index is -3.64.